The Balaban J connectivity index is 2.36. The van der Waals surface area contributed by atoms with Gasteiger partial charge in [-0.05, 0) is 11.8 Å². The van der Waals surface area contributed by atoms with Gasteiger partial charge in [0.25, 0.3) is 0 Å². The van der Waals surface area contributed by atoms with Crippen LogP contribution < -0.4 is 0 Å². The van der Waals surface area contributed by atoms with E-state index >= 15 is 0 Å². The van der Waals surface area contributed by atoms with Crippen molar-refractivity contribution in [1.82, 2.24) is 0 Å². The molecule has 0 radical (unpaired) electrons. The summed E-state index contributed by atoms with van der Waals surface area (Å²) in [6, 6.07) is 0. The molecule has 0 bridgehead atoms. The lowest BCUT2D eigenvalue weighted by molar-refractivity contribution is 0.0373. The average Bonchev–Trinajstić information content (AvgIpc) is 2.45. The molecule has 1 aliphatic heterocycles. The Kier molecular flexibility index (Phi) is 4.10. The second kappa shape index (κ2) is 4.73. The summed E-state index contributed by atoms with van der Waals surface area (Å²) in [7, 11) is -2.71. The number of hydrogen-bond donors (Lipinski definition) is 1. The smallest absolute Gasteiger partial charge is 0.375 e. The molecule has 0 aliphatic carbocycles. The van der Waals surface area contributed by atoms with Gasteiger partial charge < -0.3 is 9.63 Å². The van der Waals surface area contributed by atoms with Crippen molar-refractivity contribution < 1.29 is 23.2 Å². The van der Waals surface area contributed by atoms with E-state index in [1.165, 1.54) is 0 Å². The van der Waals surface area contributed by atoms with E-state index in [0.29, 0.717) is 18.4 Å². The van der Waals surface area contributed by atoms with Crippen LogP contribution in [-0.2, 0) is 18.3 Å². The molecule has 0 saturated carbocycles. The number of phosphoric ester groups is 1. The normalized spacial score (nSPS) is 37.0. The molecule has 1 N–H and O–H groups in total. The van der Waals surface area contributed by atoms with Gasteiger partial charge >= 0.3 is 7.82 Å². The monoisotopic (exact) mass is 224 g/mol. The highest BCUT2D eigenvalue weighted by Crippen LogP contribution is 2.43. The van der Waals surface area contributed by atoms with Gasteiger partial charge in [-0.3, -0.25) is 9.05 Å². The van der Waals surface area contributed by atoms with Gasteiger partial charge in [0.15, 0.2) is 0 Å². The second-order valence-electron chi connectivity index (χ2n) is 3.66. The zero-order chi connectivity index (χ0) is 10.8. The van der Waals surface area contributed by atoms with Crippen molar-refractivity contribution in [3.05, 3.63) is 0 Å². The Morgan fingerprint density at radius 1 is 1.57 bits per heavy atom. The van der Waals surface area contributed by atoms with Crippen LogP contribution in [0.3, 0.4) is 0 Å². The molecule has 4 unspecified atom stereocenters. The van der Waals surface area contributed by atoms with E-state index in [4.69, 9.17) is 14.2 Å². The fourth-order valence-corrected chi connectivity index (χ4v) is 1.81. The number of ether oxygens (including phenoxy) is 1. The molecule has 0 aromatic rings. The van der Waals surface area contributed by atoms with Crippen molar-refractivity contribution in [2.45, 2.75) is 20.0 Å². The molecule has 1 aliphatic rings. The van der Waals surface area contributed by atoms with Crippen LogP contribution in [0, 0.1) is 11.8 Å². The lowest BCUT2D eigenvalue weighted by Gasteiger charge is -2.17. The lowest BCUT2D eigenvalue weighted by atomic mass is 9.95. The van der Waals surface area contributed by atoms with Gasteiger partial charge in [-0.15, -0.1) is 0 Å². The topological polar surface area (TPSA) is 65.0 Å². The molecule has 1 saturated heterocycles. The van der Waals surface area contributed by atoms with Gasteiger partial charge in [0, 0.05) is 13.7 Å². The highest BCUT2D eigenvalue weighted by atomic mass is 31.2. The molecule has 4 atom stereocenters. The van der Waals surface area contributed by atoms with Crippen molar-refractivity contribution in [1.29, 1.82) is 0 Å². The summed E-state index contributed by atoms with van der Waals surface area (Å²) in [5.74, 6) is 0.802. The van der Waals surface area contributed by atoms with Crippen LogP contribution in [0.1, 0.15) is 13.8 Å². The third kappa shape index (κ3) is 3.04. The predicted molar refractivity (Wildman–Crippen MR) is 50.9 cm³/mol. The highest BCUT2D eigenvalue weighted by Gasteiger charge is 2.33. The fraction of sp³-hybridized carbons (Fsp3) is 1.00. The maximum absolute atomic E-state index is 11.0. The van der Waals surface area contributed by atoms with Crippen LogP contribution in [-0.4, -0.2) is 31.3 Å². The molecular weight excluding hydrogens is 207 g/mol. The predicted octanol–water partition coefficient (Wildman–Crippen LogP) is 1.42. The molecule has 14 heavy (non-hydrogen) atoms. The standard InChI is InChI=1S/C8H17O5P/c1-6-4-12-8(7(6)2)5-13-14(9,10)11-3/h6-8H,4-5H2,1-3H3,(H,9,10). The quantitative estimate of drug-likeness (QED) is 0.731. The highest BCUT2D eigenvalue weighted by molar-refractivity contribution is 7.47. The second-order valence-corrected chi connectivity index (χ2v) is 5.22. The van der Waals surface area contributed by atoms with Crippen LogP contribution in [0.25, 0.3) is 0 Å². The molecule has 0 amide bonds. The van der Waals surface area contributed by atoms with Crippen molar-refractivity contribution in [2.24, 2.45) is 11.8 Å². The van der Waals surface area contributed by atoms with E-state index in [2.05, 4.69) is 11.4 Å². The molecule has 0 aromatic carbocycles. The molecule has 0 spiro atoms. The summed E-state index contributed by atoms with van der Waals surface area (Å²) in [5.41, 5.74) is 0. The first-order valence-corrected chi connectivity index (χ1v) is 6.10. The van der Waals surface area contributed by atoms with Crippen LogP contribution in [0.2, 0.25) is 0 Å². The Bertz CT molecular complexity index is 232. The zero-order valence-corrected chi connectivity index (χ0v) is 9.57. The molecule has 1 fully saturated rings. The number of hydrogen-bond acceptors (Lipinski definition) is 4. The molecule has 1 heterocycles. The minimum atomic E-state index is -3.85. The lowest BCUT2D eigenvalue weighted by Crippen LogP contribution is -2.21. The first-order valence-electron chi connectivity index (χ1n) is 4.61. The largest absolute Gasteiger partial charge is 0.472 e. The Morgan fingerprint density at radius 3 is 2.64 bits per heavy atom. The summed E-state index contributed by atoms with van der Waals surface area (Å²) in [6.45, 7) is 4.91. The number of phosphoric acid groups is 1. The minimum absolute atomic E-state index is 0.104. The van der Waals surface area contributed by atoms with Gasteiger partial charge in [-0.2, -0.15) is 0 Å². The van der Waals surface area contributed by atoms with E-state index in [0.717, 1.165) is 7.11 Å². The third-order valence-electron chi connectivity index (χ3n) is 2.69. The maximum atomic E-state index is 11.0. The molecular formula is C8H17O5P. The Labute approximate surface area is 84.0 Å². The van der Waals surface area contributed by atoms with E-state index in [9.17, 15) is 4.57 Å². The fourth-order valence-electron chi connectivity index (χ4n) is 1.37. The van der Waals surface area contributed by atoms with Gasteiger partial charge in [-0.25, -0.2) is 4.57 Å². The molecule has 0 aromatic heterocycles. The van der Waals surface area contributed by atoms with E-state index in [1.807, 2.05) is 6.92 Å². The summed E-state index contributed by atoms with van der Waals surface area (Å²) in [6.07, 6.45) is -0.111. The van der Waals surface area contributed by atoms with Crippen molar-refractivity contribution in [2.75, 3.05) is 20.3 Å². The van der Waals surface area contributed by atoms with Gasteiger partial charge in [0.2, 0.25) is 0 Å². The number of rotatable bonds is 4. The third-order valence-corrected chi connectivity index (χ3v) is 3.63. The Morgan fingerprint density at radius 2 is 2.21 bits per heavy atom. The first kappa shape index (κ1) is 12.1. The Hall–Kier alpha value is 0.0700. The van der Waals surface area contributed by atoms with Crippen LogP contribution in [0.4, 0.5) is 0 Å². The maximum Gasteiger partial charge on any atom is 0.472 e. The van der Waals surface area contributed by atoms with E-state index in [1.54, 1.807) is 0 Å². The van der Waals surface area contributed by atoms with Crippen molar-refractivity contribution in [3.8, 4) is 0 Å². The SMILES string of the molecule is COP(=O)(O)OCC1OCC(C)C1C. The van der Waals surface area contributed by atoms with Gasteiger partial charge in [-0.1, -0.05) is 13.8 Å². The van der Waals surface area contributed by atoms with E-state index < -0.39 is 7.82 Å². The average molecular weight is 224 g/mol. The first-order chi connectivity index (χ1) is 6.46. The van der Waals surface area contributed by atoms with Crippen molar-refractivity contribution >= 4 is 7.82 Å². The summed E-state index contributed by atoms with van der Waals surface area (Å²) in [5, 5.41) is 0. The van der Waals surface area contributed by atoms with Crippen LogP contribution in [0.15, 0.2) is 0 Å². The van der Waals surface area contributed by atoms with E-state index in [-0.39, 0.29) is 12.7 Å². The summed E-state index contributed by atoms with van der Waals surface area (Å²) >= 11 is 0. The molecule has 6 heteroatoms. The van der Waals surface area contributed by atoms with Crippen LogP contribution >= 0.6 is 7.82 Å². The van der Waals surface area contributed by atoms with Crippen LogP contribution in [0.5, 0.6) is 0 Å². The molecule has 5 nitrogen and oxygen atoms in total. The van der Waals surface area contributed by atoms with Gasteiger partial charge in [0.1, 0.15) is 0 Å². The molecule has 1 rings (SSSR count). The van der Waals surface area contributed by atoms with Gasteiger partial charge in [0.05, 0.1) is 12.7 Å². The minimum Gasteiger partial charge on any atom is -0.375 e. The summed E-state index contributed by atoms with van der Waals surface area (Å²) in [4.78, 5) is 8.99. The zero-order valence-electron chi connectivity index (χ0n) is 8.67. The summed E-state index contributed by atoms with van der Waals surface area (Å²) < 4.78 is 25.4. The molecule has 84 valence electrons. The van der Waals surface area contributed by atoms with Crippen molar-refractivity contribution in [3.63, 3.8) is 0 Å².